The summed E-state index contributed by atoms with van der Waals surface area (Å²) in [6.07, 6.45) is 5.89. The first-order chi connectivity index (χ1) is 11.2. The van der Waals surface area contributed by atoms with Crippen LogP contribution in [0.2, 0.25) is 0 Å². The number of hydrogen-bond acceptors (Lipinski definition) is 3. The molecule has 1 amide bonds. The Kier molecular flexibility index (Phi) is 5.08. The fraction of sp³-hybridized carbons (Fsp3) is 0.444. The van der Waals surface area contributed by atoms with Crippen molar-refractivity contribution in [2.75, 3.05) is 20.1 Å². The summed E-state index contributed by atoms with van der Waals surface area (Å²) in [6, 6.07) is 12.5. The van der Waals surface area contributed by atoms with Gasteiger partial charge in [0.15, 0.2) is 0 Å². The zero-order chi connectivity index (χ0) is 16.1. The minimum atomic E-state index is 0.220. The molecule has 0 spiro atoms. The number of likely N-dealkylation sites (N-methyl/N-ethyl adjacent to an activating group) is 1. The summed E-state index contributed by atoms with van der Waals surface area (Å²) in [7, 11) is 2.00. The lowest BCUT2D eigenvalue weighted by Gasteiger charge is -2.27. The zero-order valence-electron chi connectivity index (χ0n) is 13.6. The first kappa shape index (κ1) is 15.7. The van der Waals surface area contributed by atoms with Crippen LogP contribution in [-0.4, -0.2) is 51.7 Å². The number of hydrogen-bond donors (Lipinski definition) is 0. The van der Waals surface area contributed by atoms with Crippen LogP contribution in [0.1, 0.15) is 18.4 Å². The zero-order valence-corrected chi connectivity index (χ0v) is 13.6. The first-order valence-corrected chi connectivity index (χ1v) is 8.22. The van der Waals surface area contributed by atoms with E-state index in [2.05, 4.69) is 22.1 Å². The SMILES string of the molecule is CN(CC(=O)N1CCC[C@H]1Cn1cccn1)Cc1ccccc1. The molecular formula is C18H24N4O. The van der Waals surface area contributed by atoms with E-state index < -0.39 is 0 Å². The molecule has 5 heteroatoms. The number of amides is 1. The van der Waals surface area contributed by atoms with Gasteiger partial charge in [0.1, 0.15) is 0 Å². The van der Waals surface area contributed by atoms with Crippen molar-refractivity contribution in [2.45, 2.75) is 32.0 Å². The van der Waals surface area contributed by atoms with Crippen LogP contribution in [0, 0.1) is 0 Å². The minimum Gasteiger partial charge on any atom is -0.337 e. The Hall–Kier alpha value is -2.14. The molecule has 1 aromatic carbocycles. The van der Waals surface area contributed by atoms with E-state index in [1.54, 1.807) is 6.20 Å². The van der Waals surface area contributed by atoms with E-state index >= 15 is 0 Å². The Morgan fingerprint density at radius 2 is 2.13 bits per heavy atom. The van der Waals surface area contributed by atoms with Gasteiger partial charge in [-0.25, -0.2) is 0 Å². The van der Waals surface area contributed by atoms with Crippen LogP contribution in [0.5, 0.6) is 0 Å². The van der Waals surface area contributed by atoms with Crippen molar-refractivity contribution in [3.8, 4) is 0 Å². The molecular weight excluding hydrogens is 288 g/mol. The fourth-order valence-electron chi connectivity index (χ4n) is 3.25. The predicted molar refractivity (Wildman–Crippen MR) is 89.7 cm³/mol. The number of carbonyl (C=O) groups excluding carboxylic acids is 1. The maximum atomic E-state index is 12.6. The van der Waals surface area contributed by atoms with Gasteiger partial charge in [0.25, 0.3) is 0 Å². The van der Waals surface area contributed by atoms with Crippen LogP contribution >= 0.6 is 0 Å². The molecule has 1 saturated heterocycles. The second-order valence-electron chi connectivity index (χ2n) is 6.27. The van der Waals surface area contributed by atoms with Gasteiger partial charge in [0.2, 0.25) is 5.91 Å². The molecule has 2 aromatic rings. The highest BCUT2D eigenvalue weighted by atomic mass is 16.2. The van der Waals surface area contributed by atoms with Gasteiger partial charge in [0.05, 0.1) is 19.1 Å². The molecule has 23 heavy (non-hydrogen) atoms. The molecule has 0 bridgehead atoms. The summed E-state index contributed by atoms with van der Waals surface area (Å²) in [6.45, 7) is 2.92. The molecule has 0 saturated carbocycles. The van der Waals surface area contributed by atoms with Gasteiger partial charge in [-0.15, -0.1) is 0 Å². The molecule has 1 aromatic heterocycles. The van der Waals surface area contributed by atoms with Crippen LogP contribution in [0.3, 0.4) is 0 Å². The summed E-state index contributed by atoms with van der Waals surface area (Å²) in [5, 5.41) is 4.26. The lowest BCUT2D eigenvalue weighted by molar-refractivity contribution is -0.133. The van der Waals surface area contributed by atoms with Crippen LogP contribution in [0.4, 0.5) is 0 Å². The summed E-state index contributed by atoms with van der Waals surface area (Å²) in [4.78, 5) is 16.8. The van der Waals surface area contributed by atoms with Gasteiger partial charge in [-0.1, -0.05) is 30.3 Å². The highest BCUT2D eigenvalue weighted by Crippen LogP contribution is 2.19. The molecule has 0 N–H and O–H groups in total. The Morgan fingerprint density at radius 3 is 2.87 bits per heavy atom. The van der Waals surface area contributed by atoms with Crippen molar-refractivity contribution < 1.29 is 4.79 Å². The van der Waals surface area contributed by atoms with Crippen molar-refractivity contribution >= 4 is 5.91 Å². The molecule has 0 radical (unpaired) electrons. The summed E-state index contributed by atoms with van der Waals surface area (Å²) < 4.78 is 1.92. The molecule has 122 valence electrons. The lowest BCUT2D eigenvalue weighted by atomic mass is 10.2. The van der Waals surface area contributed by atoms with Crippen molar-refractivity contribution in [3.05, 3.63) is 54.4 Å². The molecule has 1 fully saturated rings. The summed E-state index contributed by atoms with van der Waals surface area (Å²) >= 11 is 0. The van der Waals surface area contributed by atoms with E-state index in [9.17, 15) is 4.79 Å². The van der Waals surface area contributed by atoms with Crippen LogP contribution in [0.25, 0.3) is 0 Å². The predicted octanol–water partition coefficient (Wildman–Crippen LogP) is 2.01. The monoisotopic (exact) mass is 312 g/mol. The molecule has 2 heterocycles. The second kappa shape index (κ2) is 7.42. The van der Waals surface area contributed by atoms with Gasteiger partial charge in [-0.05, 0) is 31.5 Å². The van der Waals surface area contributed by atoms with Gasteiger partial charge < -0.3 is 4.90 Å². The quantitative estimate of drug-likeness (QED) is 0.819. The topological polar surface area (TPSA) is 41.4 Å². The number of likely N-dealkylation sites (tertiary alicyclic amines) is 1. The van der Waals surface area contributed by atoms with E-state index in [0.717, 1.165) is 32.5 Å². The summed E-state index contributed by atoms with van der Waals surface area (Å²) in [5.41, 5.74) is 1.23. The van der Waals surface area contributed by atoms with Crippen molar-refractivity contribution in [1.82, 2.24) is 19.6 Å². The first-order valence-electron chi connectivity index (χ1n) is 8.22. The van der Waals surface area contributed by atoms with E-state index in [1.807, 2.05) is 47.1 Å². The molecule has 1 atom stereocenters. The minimum absolute atomic E-state index is 0.220. The molecule has 1 aliphatic rings. The second-order valence-corrected chi connectivity index (χ2v) is 6.27. The smallest absolute Gasteiger partial charge is 0.237 e. The van der Waals surface area contributed by atoms with Crippen LogP contribution in [0.15, 0.2) is 48.8 Å². The van der Waals surface area contributed by atoms with Gasteiger partial charge >= 0.3 is 0 Å². The Balaban J connectivity index is 1.54. The lowest BCUT2D eigenvalue weighted by Crippen LogP contribution is -2.43. The Labute approximate surface area is 137 Å². The average Bonchev–Trinajstić information content (AvgIpc) is 3.20. The van der Waals surface area contributed by atoms with Crippen molar-refractivity contribution in [1.29, 1.82) is 0 Å². The van der Waals surface area contributed by atoms with Gasteiger partial charge in [-0.2, -0.15) is 5.10 Å². The fourth-order valence-corrected chi connectivity index (χ4v) is 3.25. The number of rotatable bonds is 6. The molecule has 0 unspecified atom stereocenters. The Morgan fingerprint density at radius 1 is 1.30 bits per heavy atom. The van der Waals surface area contributed by atoms with Crippen molar-refractivity contribution in [3.63, 3.8) is 0 Å². The van der Waals surface area contributed by atoms with E-state index in [1.165, 1.54) is 5.56 Å². The van der Waals surface area contributed by atoms with E-state index in [-0.39, 0.29) is 11.9 Å². The highest BCUT2D eigenvalue weighted by molar-refractivity contribution is 5.78. The van der Waals surface area contributed by atoms with E-state index in [0.29, 0.717) is 6.54 Å². The molecule has 0 aliphatic carbocycles. The number of benzene rings is 1. The van der Waals surface area contributed by atoms with Gasteiger partial charge in [-0.3, -0.25) is 14.4 Å². The van der Waals surface area contributed by atoms with Crippen molar-refractivity contribution in [2.24, 2.45) is 0 Å². The maximum absolute atomic E-state index is 12.6. The molecule has 1 aliphatic heterocycles. The molecule has 5 nitrogen and oxygen atoms in total. The molecule has 3 rings (SSSR count). The van der Waals surface area contributed by atoms with E-state index in [4.69, 9.17) is 0 Å². The van der Waals surface area contributed by atoms with Crippen LogP contribution < -0.4 is 0 Å². The Bertz CT molecular complexity index is 611. The summed E-state index contributed by atoms with van der Waals surface area (Å²) in [5.74, 6) is 0.220. The largest absolute Gasteiger partial charge is 0.337 e. The third-order valence-electron chi connectivity index (χ3n) is 4.35. The maximum Gasteiger partial charge on any atom is 0.237 e. The van der Waals surface area contributed by atoms with Gasteiger partial charge in [0, 0.05) is 25.5 Å². The number of carbonyl (C=O) groups is 1. The van der Waals surface area contributed by atoms with Crippen LogP contribution in [-0.2, 0) is 17.9 Å². The normalized spacial score (nSPS) is 17.8. The number of aromatic nitrogens is 2. The third-order valence-corrected chi connectivity index (χ3v) is 4.35. The number of nitrogens with zero attached hydrogens (tertiary/aromatic N) is 4. The highest BCUT2D eigenvalue weighted by Gasteiger charge is 2.29. The standard InChI is InChI=1S/C18H24N4O/c1-20(13-16-7-3-2-4-8-16)15-18(23)22-12-5-9-17(22)14-21-11-6-10-19-21/h2-4,6-8,10-11,17H,5,9,12-15H2,1H3/t17-/m0/s1. The third kappa shape index (κ3) is 4.20. The average molecular weight is 312 g/mol.